The summed E-state index contributed by atoms with van der Waals surface area (Å²) in [6, 6.07) is 9.52. The fourth-order valence-corrected chi connectivity index (χ4v) is 4.35. The van der Waals surface area contributed by atoms with Crippen molar-refractivity contribution in [3.05, 3.63) is 54.1 Å². The summed E-state index contributed by atoms with van der Waals surface area (Å²) < 4.78 is 71.3. The van der Waals surface area contributed by atoms with Crippen LogP contribution in [-0.4, -0.2) is 33.5 Å². The minimum Gasteiger partial charge on any atom is -0.476 e. The van der Waals surface area contributed by atoms with Crippen LogP contribution in [0.5, 0.6) is 5.75 Å². The molecule has 0 saturated carbocycles. The maximum absolute atomic E-state index is 13.2. The van der Waals surface area contributed by atoms with Crippen molar-refractivity contribution in [2.45, 2.75) is 30.5 Å². The third kappa shape index (κ3) is 4.31. The molecule has 0 saturated heterocycles. The molecule has 1 N–H and O–H groups in total. The van der Waals surface area contributed by atoms with E-state index in [1.54, 1.807) is 12.1 Å². The number of nitrogens with one attached hydrogen (secondary N) is 1. The van der Waals surface area contributed by atoms with Gasteiger partial charge in [-0.1, -0.05) is 19.1 Å². The minimum atomic E-state index is -4.57. The summed E-state index contributed by atoms with van der Waals surface area (Å²) in [7, 11) is -4.22. The van der Waals surface area contributed by atoms with Gasteiger partial charge in [-0.25, -0.2) is 8.42 Å². The van der Waals surface area contributed by atoms with Gasteiger partial charge in [0.05, 0.1) is 22.7 Å². The van der Waals surface area contributed by atoms with Gasteiger partial charge in [-0.2, -0.15) is 13.2 Å². The minimum absolute atomic E-state index is 0.200. The molecule has 0 aromatic heterocycles. The zero-order valence-electron chi connectivity index (χ0n) is 15.4. The molecule has 6 nitrogen and oxygen atoms in total. The predicted octanol–water partition coefficient (Wildman–Crippen LogP) is 3.19. The van der Waals surface area contributed by atoms with Crippen molar-refractivity contribution < 1.29 is 31.1 Å². The van der Waals surface area contributed by atoms with Gasteiger partial charge < -0.3 is 10.1 Å². The van der Waals surface area contributed by atoms with Crippen molar-refractivity contribution in [3.8, 4) is 5.75 Å². The van der Waals surface area contributed by atoms with Crippen LogP contribution >= 0.6 is 0 Å². The van der Waals surface area contributed by atoms with Crippen LogP contribution < -0.4 is 14.4 Å². The van der Waals surface area contributed by atoms with E-state index in [4.69, 9.17) is 4.74 Å². The monoisotopic (exact) mass is 428 g/mol. The van der Waals surface area contributed by atoms with Crippen LogP contribution in [0, 0.1) is 0 Å². The molecule has 0 fully saturated rings. The van der Waals surface area contributed by atoms with Gasteiger partial charge in [-0.3, -0.25) is 9.10 Å². The van der Waals surface area contributed by atoms with Gasteiger partial charge in [-0.15, -0.1) is 0 Å². The lowest BCUT2D eigenvalue weighted by atomic mass is 10.2. The molecular formula is C19H19F3N2O4S. The molecule has 0 spiro atoms. The highest BCUT2D eigenvalue weighted by Gasteiger charge is 2.38. The highest BCUT2D eigenvalue weighted by molar-refractivity contribution is 7.92. The number of hydrogen-bond acceptors (Lipinski definition) is 4. The molecule has 0 aliphatic carbocycles. The molecule has 1 heterocycles. The number of para-hydroxylation sites is 2. The topological polar surface area (TPSA) is 75.7 Å². The zero-order chi connectivity index (χ0) is 21.2. The van der Waals surface area contributed by atoms with Crippen LogP contribution in [0.2, 0.25) is 0 Å². The zero-order valence-corrected chi connectivity index (χ0v) is 16.3. The molecule has 29 heavy (non-hydrogen) atoms. The maximum Gasteiger partial charge on any atom is 0.416 e. The Morgan fingerprint density at radius 2 is 1.83 bits per heavy atom. The SMILES string of the molecule is CCCNC(=O)C1CN(S(=O)(=O)c2ccc(C(F)(F)F)cc2)c2ccccc2O1. The fourth-order valence-electron chi connectivity index (χ4n) is 2.87. The number of nitrogens with zero attached hydrogens (tertiary/aromatic N) is 1. The number of benzene rings is 2. The van der Waals surface area contributed by atoms with Gasteiger partial charge in [0.25, 0.3) is 15.9 Å². The summed E-state index contributed by atoms with van der Waals surface area (Å²) in [6.45, 7) is 1.99. The van der Waals surface area contributed by atoms with Crippen LogP contribution in [0.3, 0.4) is 0 Å². The van der Waals surface area contributed by atoms with E-state index >= 15 is 0 Å². The Bertz CT molecular complexity index is 991. The Morgan fingerprint density at radius 3 is 2.45 bits per heavy atom. The van der Waals surface area contributed by atoms with Crippen molar-refractivity contribution >= 4 is 21.6 Å². The number of amides is 1. The molecule has 156 valence electrons. The number of fused-ring (bicyclic) bond motifs is 1. The van der Waals surface area contributed by atoms with Gasteiger partial charge in [0, 0.05) is 6.54 Å². The Kier molecular flexibility index (Phi) is 5.74. The Hall–Kier alpha value is -2.75. The standard InChI is InChI=1S/C19H19F3N2O4S/c1-2-11-23-18(25)17-12-24(15-5-3-4-6-16(15)28-17)29(26,27)14-9-7-13(8-10-14)19(20,21)22/h3-10,17H,2,11-12H2,1H3,(H,23,25). The molecule has 0 radical (unpaired) electrons. The third-order valence-electron chi connectivity index (χ3n) is 4.35. The predicted molar refractivity (Wildman–Crippen MR) is 100 cm³/mol. The van der Waals surface area contributed by atoms with Crippen molar-refractivity contribution in [1.29, 1.82) is 0 Å². The third-order valence-corrected chi connectivity index (χ3v) is 6.14. The summed E-state index contributed by atoms with van der Waals surface area (Å²) in [5, 5.41) is 2.66. The largest absolute Gasteiger partial charge is 0.476 e. The normalized spacial score (nSPS) is 16.7. The van der Waals surface area contributed by atoms with E-state index in [0.717, 1.165) is 16.4 Å². The molecule has 1 amide bonds. The molecule has 2 aromatic rings. The summed E-state index contributed by atoms with van der Waals surface area (Å²) in [5.41, 5.74) is -0.734. The van der Waals surface area contributed by atoms with Crippen LogP contribution in [0.15, 0.2) is 53.4 Å². The second-order valence-electron chi connectivity index (χ2n) is 6.42. The van der Waals surface area contributed by atoms with Gasteiger partial charge >= 0.3 is 6.18 Å². The van der Waals surface area contributed by atoms with Crippen LogP contribution in [0.1, 0.15) is 18.9 Å². The highest BCUT2D eigenvalue weighted by Crippen LogP contribution is 2.37. The average molecular weight is 428 g/mol. The van der Waals surface area contributed by atoms with Gasteiger partial charge in [0.15, 0.2) is 6.10 Å². The van der Waals surface area contributed by atoms with E-state index in [-0.39, 0.29) is 22.9 Å². The molecule has 0 bridgehead atoms. The number of anilines is 1. The van der Waals surface area contributed by atoms with Crippen LogP contribution in [-0.2, 0) is 21.0 Å². The lowest BCUT2D eigenvalue weighted by Crippen LogP contribution is -2.50. The molecule has 2 aromatic carbocycles. The summed E-state index contributed by atoms with van der Waals surface area (Å²) >= 11 is 0. The van der Waals surface area contributed by atoms with E-state index in [1.165, 1.54) is 12.1 Å². The number of sulfonamides is 1. The Balaban J connectivity index is 1.97. The molecule has 3 rings (SSSR count). The van der Waals surface area contributed by atoms with E-state index < -0.39 is 33.8 Å². The van der Waals surface area contributed by atoms with Crippen molar-refractivity contribution in [2.75, 3.05) is 17.4 Å². The summed E-state index contributed by atoms with van der Waals surface area (Å²) in [6.07, 6.45) is -4.96. The first-order valence-electron chi connectivity index (χ1n) is 8.88. The smallest absolute Gasteiger partial charge is 0.416 e. The molecule has 10 heteroatoms. The molecular weight excluding hydrogens is 409 g/mol. The van der Waals surface area contributed by atoms with E-state index in [9.17, 15) is 26.4 Å². The maximum atomic E-state index is 13.2. The number of halogens is 3. The quantitative estimate of drug-likeness (QED) is 0.794. The number of rotatable bonds is 5. The van der Waals surface area contributed by atoms with Crippen molar-refractivity contribution in [2.24, 2.45) is 0 Å². The molecule has 1 atom stereocenters. The van der Waals surface area contributed by atoms with Gasteiger partial charge in [0.1, 0.15) is 5.75 Å². The lowest BCUT2D eigenvalue weighted by molar-refractivity contribution is -0.137. The number of carbonyl (C=O) groups excluding carboxylic acids is 1. The van der Waals surface area contributed by atoms with Crippen molar-refractivity contribution in [3.63, 3.8) is 0 Å². The second-order valence-corrected chi connectivity index (χ2v) is 8.29. The fraction of sp³-hybridized carbons (Fsp3) is 0.316. The van der Waals surface area contributed by atoms with E-state index in [2.05, 4.69) is 5.32 Å². The first kappa shape index (κ1) is 21.0. The molecule has 1 aliphatic rings. The second kappa shape index (κ2) is 7.94. The van der Waals surface area contributed by atoms with Crippen LogP contribution in [0.25, 0.3) is 0 Å². The lowest BCUT2D eigenvalue weighted by Gasteiger charge is -2.34. The highest BCUT2D eigenvalue weighted by atomic mass is 32.2. The average Bonchev–Trinajstić information content (AvgIpc) is 2.70. The molecule has 1 unspecified atom stereocenters. The van der Waals surface area contributed by atoms with Crippen LogP contribution in [0.4, 0.5) is 18.9 Å². The first-order valence-corrected chi connectivity index (χ1v) is 10.3. The summed E-state index contributed by atoms with van der Waals surface area (Å²) in [5.74, 6) is -0.264. The first-order chi connectivity index (χ1) is 13.6. The summed E-state index contributed by atoms with van der Waals surface area (Å²) in [4.78, 5) is 12.0. The number of ether oxygens (including phenoxy) is 1. The number of alkyl halides is 3. The number of hydrogen-bond donors (Lipinski definition) is 1. The van der Waals surface area contributed by atoms with E-state index in [1.807, 2.05) is 6.92 Å². The van der Waals surface area contributed by atoms with Gasteiger partial charge in [-0.05, 0) is 42.8 Å². The number of carbonyl (C=O) groups is 1. The van der Waals surface area contributed by atoms with Gasteiger partial charge in [0.2, 0.25) is 0 Å². The Morgan fingerprint density at radius 1 is 1.17 bits per heavy atom. The van der Waals surface area contributed by atoms with Crippen molar-refractivity contribution in [1.82, 2.24) is 5.32 Å². The molecule has 1 aliphatic heterocycles. The Labute approximate surface area is 166 Å². The van der Waals surface area contributed by atoms with E-state index in [0.29, 0.717) is 25.1 Å².